The molecule has 0 unspecified atom stereocenters. The first-order valence-electron chi connectivity index (χ1n) is 11.1. The van der Waals surface area contributed by atoms with Gasteiger partial charge in [-0.1, -0.05) is 41.7 Å². The molecule has 1 aliphatic heterocycles. The van der Waals surface area contributed by atoms with Crippen LogP contribution in [0.25, 0.3) is 11.4 Å². The Morgan fingerprint density at radius 3 is 2.34 bits per heavy atom. The molecule has 2 aromatic heterocycles. The van der Waals surface area contributed by atoms with Crippen LogP contribution in [0.3, 0.4) is 0 Å². The molecule has 1 saturated carbocycles. The Kier molecular flexibility index (Phi) is 5.59. The topological polar surface area (TPSA) is 75.4 Å². The highest BCUT2D eigenvalue weighted by Crippen LogP contribution is 2.43. The van der Waals surface area contributed by atoms with E-state index in [4.69, 9.17) is 16.1 Å². The van der Waals surface area contributed by atoms with Crippen LogP contribution in [-0.4, -0.2) is 52.1 Å². The van der Waals surface area contributed by atoms with E-state index in [0.29, 0.717) is 29.8 Å². The van der Waals surface area contributed by atoms with E-state index in [1.165, 1.54) is 0 Å². The van der Waals surface area contributed by atoms with Crippen molar-refractivity contribution in [2.75, 3.05) is 31.1 Å². The van der Waals surface area contributed by atoms with Gasteiger partial charge in [-0.05, 0) is 42.7 Å². The lowest BCUT2D eigenvalue weighted by Gasteiger charge is -2.40. The van der Waals surface area contributed by atoms with E-state index in [-0.39, 0.29) is 5.91 Å². The molecule has 32 heavy (non-hydrogen) atoms. The first-order chi connectivity index (χ1) is 15.5. The highest BCUT2D eigenvalue weighted by atomic mass is 35.5. The van der Waals surface area contributed by atoms with Gasteiger partial charge >= 0.3 is 0 Å². The molecular weight excluding hydrogens is 426 g/mol. The summed E-state index contributed by atoms with van der Waals surface area (Å²) in [6, 6.07) is 11.8. The second-order valence-corrected chi connectivity index (χ2v) is 9.05. The van der Waals surface area contributed by atoms with E-state index in [9.17, 15) is 4.79 Å². The molecule has 0 spiro atoms. The molecule has 0 radical (unpaired) electrons. The van der Waals surface area contributed by atoms with Gasteiger partial charge < -0.3 is 14.3 Å². The van der Waals surface area contributed by atoms with Crippen LogP contribution < -0.4 is 4.90 Å². The number of benzene rings is 1. The van der Waals surface area contributed by atoms with Gasteiger partial charge in [0.05, 0.1) is 5.41 Å². The molecule has 7 nitrogen and oxygen atoms in total. The van der Waals surface area contributed by atoms with E-state index in [1.807, 2.05) is 41.3 Å². The predicted octanol–water partition coefficient (Wildman–Crippen LogP) is 4.25. The summed E-state index contributed by atoms with van der Waals surface area (Å²) < 4.78 is 5.04. The summed E-state index contributed by atoms with van der Waals surface area (Å²) in [6.07, 6.45) is 5.76. The van der Waals surface area contributed by atoms with E-state index < -0.39 is 5.41 Å². The zero-order valence-electron chi connectivity index (χ0n) is 18.1. The number of halogens is 1. The summed E-state index contributed by atoms with van der Waals surface area (Å²) in [4.78, 5) is 26.8. The fourth-order valence-corrected chi connectivity index (χ4v) is 5.06. The molecule has 0 N–H and O–H groups in total. The summed E-state index contributed by atoms with van der Waals surface area (Å²) in [7, 11) is 0. The molecule has 8 heteroatoms. The largest absolute Gasteiger partial charge is 0.353 e. The minimum Gasteiger partial charge on any atom is -0.353 e. The number of carbonyl (C=O) groups is 1. The number of hydrogen-bond donors (Lipinski definition) is 0. The fourth-order valence-electron chi connectivity index (χ4n) is 4.94. The number of rotatable bonds is 4. The van der Waals surface area contributed by atoms with Gasteiger partial charge in [-0.25, -0.2) is 4.98 Å². The van der Waals surface area contributed by atoms with Crippen molar-refractivity contribution in [3.05, 3.63) is 59.1 Å². The zero-order chi connectivity index (χ0) is 22.1. The Balaban J connectivity index is 1.26. The average molecular weight is 452 g/mol. The zero-order valence-corrected chi connectivity index (χ0v) is 18.9. The monoisotopic (exact) mass is 451 g/mol. The molecule has 0 bridgehead atoms. The third-order valence-corrected chi connectivity index (χ3v) is 6.94. The van der Waals surface area contributed by atoms with Crippen LogP contribution in [0.2, 0.25) is 5.02 Å². The smallest absolute Gasteiger partial charge is 0.233 e. The third-order valence-electron chi connectivity index (χ3n) is 6.69. The van der Waals surface area contributed by atoms with Crippen LogP contribution in [0.1, 0.15) is 37.1 Å². The molecule has 1 amide bonds. The van der Waals surface area contributed by atoms with E-state index in [0.717, 1.165) is 55.7 Å². The maximum Gasteiger partial charge on any atom is 0.233 e. The van der Waals surface area contributed by atoms with Gasteiger partial charge in [0.25, 0.3) is 0 Å². The number of amides is 1. The molecule has 1 aromatic carbocycles. The lowest BCUT2D eigenvalue weighted by molar-refractivity contribution is -0.137. The van der Waals surface area contributed by atoms with Gasteiger partial charge in [0.15, 0.2) is 0 Å². The Bertz CT molecular complexity index is 1080. The van der Waals surface area contributed by atoms with E-state index in [2.05, 4.69) is 20.0 Å². The number of aromatic nitrogens is 3. The fraction of sp³-hybridized carbons (Fsp3) is 0.417. The minimum atomic E-state index is -0.407. The molecular formula is C24H26ClN5O2. The SMILES string of the molecule is Cc1nc(-c2ccc(N3CCN(C(=O)C4(c5ccc(Cl)cc5)CCCC4)CC3)nc2)no1. The number of nitrogens with zero attached hydrogens (tertiary/aromatic N) is 5. The Morgan fingerprint density at radius 2 is 1.75 bits per heavy atom. The van der Waals surface area contributed by atoms with Crippen molar-refractivity contribution in [2.24, 2.45) is 0 Å². The maximum absolute atomic E-state index is 13.7. The van der Waals surface area contributed by atoms with Crippen LogP contribution in [0.4, 0.5) is 5.82 Å². The highest BCUT2D eigenvalue weighted by Gasteiger charge is 2.45. The minimum absolute atomic E-state index is 0.257. The van der Waals surface area contributed by atoms with Crippen molar-refractivity contribution in [3.63, 3.8) is 0 Å². The normalized spacial score (nSPS) is 18.2. The maximum atomic E-state index is 13.7. The van der Waals surface area contributed by atoms with Crippen molar-refractivity contribution in [1.82, 2.24) is 20.0 Å². The van der Waals surface area contributed by atoms with Crippen molar-refractivity contribution in [2.45, 2.75) is 38.0 Å². The molecule has 166 valence electrons. The predicted molar refractivity (Wildman–Crippen MR) is 123 cm³/mol. The van der Waals surface area contributed by atoms with Gasteiger partial charge in [0, 0.05) is 49.9 Å². The van der Waals surface area contributed by atoms with Gasteiger partial charge in [0.2, 0.25) is 17.6 Å². The Morgan fingerprint density at radius 1 is 1.03 bits per heavy atom. The van der Waals surface area contributed by atoms with Crippen LogP contribution in [-0.2, 0) is 10.2 Å². The van der Waals surface area contributed by atoms with Crippen molar-refractivity contribution in [3.8, 4) is 11.4 Å². The second-order valence-electron chi connectivity index (χ2n) is 8.62. The summed E-state index contributed by atoms with van der Waals surface area (Å²) in [6.45, 7) is 4.68. The van der Waals surface area contributed by atoms with Gasteiger partial charge in [-0.15, -0.1) is 0 Å². The van der Waals surface area contributed by atoms with Crippen molar-refractivity contribution in [1.29, 1.82) is 0 Å². The number of anilines is 1. The number of piperazine rings is 1. The third kappa shape index (κ3) is 3.86. The molecule has 1 aliphatic carbocycles. The molecule has 2 fully saturated rings. The average Bonchev–Trinajstić information content (AvgIpc) is 3.50. The lowest BCUT2D eigenvalue weighted by Crippen LogP contribution is -2.54. The van der Waals surface area contributed by atoms with Gasteiger partial charge in [-0.2, -0.15) is 4.98 Å². The number of hydrogen-bond acceptors (Lipinski definition) is 6. The Labute approximate surface area is 192 Å². The highest BCUT2D eigenvalue weighted by molar-refractivity contribution is 6.30. The number of pyridine rings is 1. The molecule has 3 heterocycles. The molecule has 3 aromatic rings. The molecule has 2 aliphatic rings. The van der Waals surface area contributed by atoms with E-state index >= 15 is 0 Å². The summed E-state index contributed by atoms with van der Waals surface area (Å²) >= 11 is 6.09. The van der Waals surface area contributed by atoms with Crippen molar-refractivity contribution >= 4 is 23.3 Å². The first-order valence-corrected chi connectivity index (χ1v) is 11.5. The van der Waals surface area contributed by atoms with Crippen LogP contribution in [0.15, 0.2) is 47.1 Å². The second kappa shape index (κ2) is 8.54. The number of carbonyl (C=O) groups excluding carboxylic acids is 1. The van der Waals surface area contributed by atoms with Gasteiger partial charge in [0.1, 0.15) is 5.82 Å². The van der Waals surface area contributed by atoms with Crippen LogP contribution in [0, 0.1) is 6.92 Å². The first kappa shape index (κ1) is 20.9. The summed E-state index contributed by atoms with van der Waals surface area (Å²) in [5, 5.41) is 4.64. The van der Waals surface area contributed by atoms with Gasteiger partial charge in [-0.3, -0.25) is 4.79 Å². The van der Waals surface area contributed by atoms with Crippen LogP contribution >= 0.6 is 11.6 Å². The number of aryl methyl sites for hydroxylation is 1. The quantitative estimate of drug-likeness (QED) is 0.590. The van der Waals surface area contributed by atoms with Crippen LogP contribution in [0.5, 0.6) is 0 Å². The molecule has 0 atom stereocenters. The Hall–Kier alpha value is -2.93. The summed E-state index contributed by atoms with van der Waals surface area (Å²) in [5.41, 5.74) is 1.52. The molecule has 5 rings (SSSR count). The van der Waals surface area contributed by atoms with E-state index in [1.54, 1.807) is 13.1 Å². The lowest BCUT2D eigenvalue weighted by atomic mass is 9.77. The van der Waals surface area contributed by atoms with Crippen molar-refractivity contribution < 1.29 is 9.32 Å². The summed E-state index contributed by atoms with van der Waals surface area (Å²) in [5.74, 6) is 2.23. The standard InChI is InChI=1S/C24H26ClN5O2/c1-17-27-22(28-32-17)18-4-9-21(26-16-18)29-12-14-30(15-13-29)23(31)24(10-2-3-11-24)19-5-7-20(25)8-6-19/h4-9,16H,2-3,10-15H2,1H3. The molecule has 1 saturated heterocycles.